The molecular weight excluding hydrogens is 378 g/mol. The average molecular weight is 402 g/mol. The van der Waals surface area contributed by atoms with Crippen LogP contribution in [0.1, 0.15) is 16.2 Å². The predicted molar refractivity (Wildman–Crippen MR) is 100 cm³/mol. The van der Waals surface area contributed by atoms with Crippen molar-refractivity contribution >= 4 is 51.4 Å². The van der Waals surface area contributed by atoms with E-state index in [1.807, 2.05) is 13.2 Å². The van der Waals surface area contributed by atoms with E-state index < -0.39 is 16.1 Å². The fraction of sp³-hybridized carbons (Fsp3) is 0.615. The molecule has 134 valence electrons. The summed E-state index contributed by atoms with van der Waals surface area (Å²) in [6.07, 6.45) is 2.56. The fourth-order valence-corrected chi connectivity index (χ4v) is 4.90. The normalized spacial score (nSPS) is 12.5. The molecule has 0 spiro atoms. The molecule has 6 nitrogen and oxygen atoms in total. The maximum Gasteiger partial charge on any atom is 0.241 e. The number of thioether (sulfide) groups is 1. The van der Waals surface area contributed by atoms with Gasteiger partial charge in [0.15, 0.2) is 0 Å². The highest BCUT2D eigenvalue weighted by Gasteiger charge is 2.19. The van der Waals surface area contributed by atoms with Crippen LogP contribution in [0.3, 0.4) is 0 Å². The molecule has 1 rings (SSSR count). The van der Waals surface area contributed by atoms with E-state index in [-0.39, 0.29) is 31.4 Å². The quantitative estimate of drug-likeness (QED) is 0.541. The Hall–Kier alpha value is -0.320. The van der Waals surface area contributed by atoms with Crippen LogP contribution in [0, 0.1) is 13.8 Å². The van der Waals surface area contributed by atoms with Crippen LogP contribution in [-0.2, 0) is 14.8 Å². The number of hydrogen-bond donors (Lipinski definition) is 3. The highest BCUT2D eigenvalue weighted by Crippen LogP contribution is 2.24. The number of hydrogen-bond acceptors (Lipinski definition) is 6. The van der Waals surface area contributed by atoms with Gasteiger partial charge in [0, 0.05) is 22.8 Å². The van der Waals surface area contributed by atoms with Gasteiger partial charge in [-0.1, -0.05) is 0 Å². The molecule has 1 aromatic rings. The molecule has 1 unspecified atom stereocenters. The maximum atomic E-state index is 12.1. The lowest BCUT2D eigenvalue weighted by molar-refractivity contribution is -0.122. The van der Waals surface area contributed by atoms with Crippen molar-refractivity contribution in [1.82, 2.24) is 10.0 Å². The van der Waals surface area contributed by atoms with Gasteiger partial charge in [0.05, 0.1) is 10.9 Å². The minimum Gasteiger partial charge on any atom is -0.353 e. The summed E-state index contributed by atoms with van der Waals surface area (Å²) in [6, 6.07) is 1.10. The number of thiophene rings is 1. The molecule has 0 radical (unpaired) electrons. The summed E-state index contributed by atoms with van der Waals surface area (Å²) in [5.41, 5.74) is 5.72. The third-order valence-corrected chi connectivity index (χ3v) is 6.30. The number of carbonyl (C=O) groups is 1. The Morgan fingerprint density at radius 1 is 1.39 bits per heavy atom. The molecule has 0 aliphatic carbocycles. The summed E-state index contributed by atoms with van der Waals surface area (Å²) >= 11 is 3.07. The number of nitrogens with one attached hydrogen (secondary N) is 2. The van der Waals surface area contributed by atoms with Crippen molar-refractivity contribution in [3.8, 4) is 0 Å². The number of aryl methyl sites for hydroxylation is 2. The van der Waals surface area contributed by atoms with E-state index in [0.717, 1.165) is 15.5 Å². The molecule has 4 N–H and O–H groups in total. The summed E-state index contributed by atoms with van der Waals surface area (Å²) in [7, 11) is -3.53. The first-order valence-electron chi connectivity index (χ1n) is 6.87. The van der Waals surface area contributed by atoms with Crippen molar-refractivity contribution in [2.24, 2.45) is 5.73 Å². The van der Waals surface area contributed by atoms with Crippen LogP contribution in [0.5, 0.6) is 0 Å². The van der Waals surface area contributed by atoms with Crippen LogP contribution in [-0.4, -0.2) is 45.5 Å². The van der Waals surface area contributed by atoms with Crippen molar-refractivity contribution < 1.29 is 13.2 Å². The lowest BCUT2D eigenvalue weighted by Crippen LogP contribution is -2.43. The number of amides is 1. The number of halogens is 1. The Balaban J connectivity index is 0.00000484. The maximum absolute atomic E-state index is 12.1. The molecule has 0 saturated heterocycles. The zero-order valence-corrected chi connectivity index (χ0v) is 16.7. The van der Waals surface area contributed by atoms with Gasteiger partial charge in [-0.3, -0.25) is 4.79 Å². The monoisotopic (exact) mass is 401 g/mol. The van der Waals surface area contributed by atoms with E-state index in [2.05, 4.69) is 10.0 Å². The molecular formula is C13H24ClN3O3S3. The Kier molecular flexibility index (Phi) is 10.4. The third-order valence-electron chi connectivity index (χ3n) is 2.97. The van der Waals surface area contributed by atoms with Crippen LogP contribution >= 0.6 is 35.5 Å². The van der Waals surface area contributed by atoms with Crippen molar-refractivity contribution in [2.75, 3.05) is 25.1 Å². The summed E-state index contributed by atoms with van der Waals surface area (Å²) in [4.78, 5) is 13.7. The standard InChI is InChI=1S/C13H23N3O3S3.ClH/c1-9-8-12(10(2)21-9)22(18,19)16-6-5-15-13(17)11(14)4-7-20-3;/h8,11,16H,4-7,14H2,1-3H3,(H,15,17);1H. The van der Waals surface area contributed by atoms with E-state index in [1.54, 1.807) is 24.8 Å². The summed E-state index contributed by atoms with van der Waals surface area (Å²) < 4.78 is 26.8. The Morgan fingerprint density at radius 2 is 2.04 bits per heavy atom. The number of carbonyl (C=O) groups excluding carboxylic acids is 1. The van der Waals surface area contributed by atoms with Gasteiger partial charge in [-0.15, -0.1) is 23.7 Å². The highest BCUT2D eigenvalue weighted by molar-refractivity contribution is 7.98. The second-order valence-corrected chi connectivity index (χ2v) is 9.04. The summed E-state index contributed by atoms with van der Waals surface area (Å²) in [5.74, 6) is 0.564. The van der Waals surface area contributed by atoms with Crippen molar-refractivity contribution in [1.29, 1.82) is 0 Å². The van der Waals surface area contributed by atoms with Gasteiger partial charge < -0.3 is 11.1 Å². The van der Waals surface area contributed by atoms with E-state index in [4.69, 9.17) is 5.73 Å². The predicted octanol–water partition coefficient (Wildman–Crippen LogP) is 1.26. The second-order valence-electron chi connectivity index (χ2n) is 4.85. The van der Waals surface area contributed by atoms with Crippen LogP contribution < -0.4 is 15.8 Å². The molecule has 0 fully saturated rings. The van der Waals surface area contributed by atoms with E-state index in [9.17, 15) is 13.2 Å². The minimum absolute atomic E-state index is 0. The zero-order valence-electron chi connectivity index (χ0n) is 13.4. The SMILES string of the molecule is CSCCC(N)C(=O)NCCNS(=O)(=O)c1cc(C)sc1C.Cl. The fourth-order valence-electron chi connectivity index (χ4n) is 1.83. The van der Waals surface area contributed by atoms with Crippen molar-refractivity contribution in [3.63, 3.8) is 0 Å². The topological polar surface area (TPSA) is 101 Å². The molecule has 0 aliphatic rings. The van der Waals surface area contributed by atoms with Crippen molar-refractivity contribution in [3.05, 3.63) is 15.8 Å². The number of rotatable bonds is 9. The lowest BCUT2D eigenvalue weighted by atomic mass is 10.2. The Morgan fingerprint density at radius 3 is 2.57 bits per heavy atom. The molecule has 0 aromatic carbocycles. The molecule has 1 amide bonds. The smallest absolute Gasteiger partial charge is 0.241 e. The molecule has 0 saturated carbocycles. The first kappa shape index (κ1) is 22.7. The van der Waals surface area contributed by atoms with Gasteiger partial charge >= 0.3 is 0 Å². The molecule has 0 bridgehead atoms. The Bertz CT molecular complexity index is 605. The van der Waals surface area contributed by atoms with Gasteiger partial charge in [0.1, 0.15) is 0 Å². The van der Waals surface area contributed by atoms with Gasteiger partial charge in [-0.05, 0) is 38.3 Å². The van der Waals surface area contributed by atoms with Gasteiger partial charge in [-0.2, -0.15) is 11.8 Å². The molecule has 1 atom stereocenters. The molecule has 0 aliphatic heterocycles. The first-order valence-corrected chi connectivity index (χ1v) is 10.6. The molecule has 1 aromatic heterocycles. The lowest BCUT2D eigenvalue weighted by Gasteiger charge is -2.12. The minimum atomic E-state index is -3.53. The van der Waals surface area contributed by atoms with Crippen molar-refractivity contribution in [2.45, 2.75) is 31.2 Å². The first-order chi connectivity index (χ1) is 10.3. The second kappa shape index (κ2) is 10.5. The molecule has 23 heavy (non-hydrogen) atoms. The van der Waals surface area contributed by atoms with E-state index >= 15 is 0 Å². The zero-order chi connectivity index (χ0) is 16.8. The number of nitrogens with two attached hydrogens (primary N) is 1. The van der Waals surface area contributed by atoms with Gasteiger partial charge in [0.25, 0.3) is 0 Å². The van der Waals surface area contributed by atoms with Crippen LogP contribution in [0.15, 0.2) is 11.0 Å². The van der Waals surface area contributed by atoms with Gasteiger partial charge in [-0.25, -0.2) is 13.1 Å². The Labute approximate surface area is 152 Å². The molecule has 1 heterocycles. The van der Waals surface area contributed by atoms with Gasteiger partial charge in [0.2, 0.25) is 15.9 Å². The number of sulfonamides is 1. The summed E-state index contributed by atoms with van der Waals surface area (Å²) in [6.45, 7) is 4.00. The largest absolute Gasteiger partial charge is 0.353 e. The van der Waals surface area contributed by atoms with Crippen LogP contribution in [0.4, 0.5) is 0 Å². The van der Waals surface area contributed by atoms with Crippen LogP contribution in [0.2, 0.25) is 0 Å². The summed E-state index contributed by atoms with van der Waals surface area (Å²) in [5, 5.41) is 2.64. The molecule has 10 heteroatoms. The highest BCUT2D eigenvalue weighted by atomic mass is 35.5. The van der Waals surface area contributed by atoms with E-state index in [1.165, 1.54) is 11.3 Å². The third kappa shape index (κ3) is 7.40. The van der Waals surface area contributed by atoms with E-state index in [0.29, 0.717) is 11.3 Å². The average Bonchev–Trinajstić information content (AvgIpc) is 2.80. The van der Waals surface area contributed by atoms with Crippen LogP contribution in [0.25, 0.3) is 0 Å².